The number of nitrogens with zero attached hydrogens (tertiary/aromatic N) is 1. The molecule has 6 heteroatoms. The van der Waals surface area contributed by atoms with Gasteiger partial charge in [0, 0.05) is 0 Å². The molecule has 0 aromatic rings. The largest absolute Gasteiger partial charge is 2.00 e. The molecule has 32 valence electrons. The van der Waals surface area contributed by atoms with Crippen molar-refractivity contribution >= 4 is 23.1 Å². The second-order valence-electron chi connectivity index (χ2n) is 0.224. The smallest absolute Gasteiger partial charge is 0.369 e. The van der Waals surface area contributed by atoms with Crippen molar-refractivity contribution in [3.8, 4) is 0 Å². The van der Waals surface area contributed by atoms with Crippen molar-refractivity contribution in [3.05, 3.63) is 15.3 Å². The molecule has 5 nitrogen and oxygen atoms in total. The molecule has 0 rings (SSSR count). The maximum absolute atomic E-state index is 8.25. The summed E-state index contributed by atoms with van der Waals surface area (Å²) in [6, 6.07) is 0. The van der Waals surface area contributed by atoms with Crippen LogP contribution < -0.4 is 6.15 Å². The van der Waals surface area contributed by atoms with Gasteiger partial charge in [-0.15, -0.1) is 0 Å². The van der Waals surface area contributed by atoms with Crippen LogP contribution in [0.3, 0.4) is 0 Å². The Balaban J connectivity index is -0.0000000450. The van der Waals surface area contributed by atoms with Gasteiger partial charge >= 0.3 is 23.1 Å². The zero-order chi connectivity index (χ0) is 3.58. The fourth-order valence-electron chi connectivity index (χ4n) is 0. The van der Waals surface area contributed by atoms with Gasteiger partial charge < -0.3 is 21.5 Å². The van der Waals surface area contributed by atoms with E-state index in [4.69, 9.17) is 15.3 Å². The molecule has 0 aromatic heterocycles. The van der Waals surface area contributed by atoms with Gasteiger partial charge in [0.25, 0.3) is 0 Å². The van der Waals surface area contributed by atoms with Gasteiger partial charge in [-0.3, -0.25) is 0 Å². The molecule has 0 saturated heterocycles. The third kappa shape index (κ3) is 6180. The zero-order valence-electron chi connectivity index (χ0n) is 3.38. The molecule has 0 unspecified atom stereocenters. The van der Waals surface area contributed by atoms with Gasteiger partial charge in [0.15, 0.2) is 0 Å². The molecule has 0 aliphatic heterocycles. The van der Waals surface area contributed by atoms with Crippen LogP contribution in [0.4, 0.5) is 0 Å². The van der Waals surface area contributed by atoms with Crippen LogP contribution in [0.25, 0.3) is 0 Å². The van der Waals surface area contributed by atoms with Crippen LogP contribution in [-0.2, 0) is 0 Å². The number of hydrogen-bond acceptors (Lipinski definition) is 3. The van der Waals surface area contributed by atoms with Crippen LogP contribution in [-0.4, -0.2) is 28.1 Å². The summed E-state index contributed by atoms with van der Waals surface area (Å²) in [6.45, 7) is 0. The molecule has 4 N–H and O–H groups in total. The Morgan fingerprint density at radius 3 is 1.33 bits per heavy atom. The van der Waals surface area contributed by atoms with E-state index in [1.165, 1.54) is 0 Å². The summed E-state index contributed by atoms with van der Waals surface area (Å²) in [6.07, 6.45) is 0. The molecule has 0 radical (unpaired) electrons. The summed E-state index contributed by atoms with van der Waals surface area (Å²) in [4.78, 5) is 8.25. The molecule has 0 atom stereocenters. The van der Waals surface area contributed by atoms with Gasteiger partial charge in [-0.1, -0.05) is 0 Å². The first kappa shape index (κ1) is 16.8. The summed E-state index contributed by atoms with van der Waals surface area (Å²) in [7, 11) is 0. The first-order valence-electron chi connectivity index (χ1n) is 0.548. The quantitative estimate of drug-likeness (QED) is 0.260. The van der Waals surface area contributed by atoms with Crippen LogP contribution in [0.15, 0.2) is 0 Å². The van der Waals surface area contributed by atoms with Crippen LogP contribution in [0.2, 0.25) is 0 Å². The molecule has 0 amide bonds. The molecule has 0 saturated carbocycles. The Labute approximate surface area is 50.2 Å². The average molecular weight is 104 g/mol. The number of hydrogen-bond donors (Lipinski definition) is 1. The van der Waals surface area contributed by atoms with Gasteiger partial charge in [-0.2, -0.15) is 0 Å². The van der Waals surface area contributed by atoms with E-state index in [0.29, 0.717) is 0 Å². The summed E-state index contributed by atoms with van der Waals surface area (Å²) < 4.78 is 0. The fourth-order valence-corrected chi connectivity index (χ4v) is 0. The third-order valence-corrected chi connectivity index (χ3v) is 0. The van der Waals surface area contributed by atoms with E-state index in [1.54, 1.807) is 0 Å². The van der Waals surface area contributed by atoms with Crippen molar-refractivity contribution in [1.29, 1.82) is 0 Å². The van der Waals surface area contributed by atoms with Crippen molar-refractivity contribution < 1.29 is 5.09 Å². The standard InChI is InChI=1S/Mg.NO3.H3N/c;2-1(3)4;/h;;1H3/q+2;-1;/p+1. The van der Waals surface area contributed by atoms with Crippen LogP contribution in [0, 0.1) is 15.3 Å². The fraction of sp³-hybridized carbons (Fsp3) is 0. The minimum absolute atomic E-state index is 0. The van der Waals surface area contributed by atoms with Gasteiger partial charge in [0.1, 0.15) is 0 Å². The second-order valence-corrected chi connectivity index (χ2v) is 0.224. The summed E-state index contributed by atoms with van der Waals surface area (Å²) in [5.74, 6) is 0. The molecule has 0 aliphatic carbocycles. The van der Waals surface area contributed by atoms with E-state index in [2.05, 4.69) is 0 Å². The molecule has 0 fully saturated rings. The van der Waals surface area contributed by atoms with Gasteiger partial charge in [-0.25, -0.2) is 0 Å². The van der Waals surface area contributed by atoms with Crippen molar-refractivity contribution in [2.24, 2.45) is 0 Å². The van der Waals surface area contributed by atoms with E-state index < -0.39 is 5.09 Å². The topological polar surface area (TPSA) is 103 Å². The van der Waals surface area contributed by atoms with Crippen LogP contribution in [0.5, 0.6) is 0 Å². The Hall–Kier alpha value is -0.0738. The zero-order valence-corrected chi connectivity index (χ0v) is 4.79. The monoisotopic (exact) mass is 104 g/mol. The van der Waals surface area contributed by atoms with E-state index in [0.717, 1.165) is 0 Å². The molecular formula is H4MgN2O3+2. The molecule has 0 heterocycles. The predicted octanol–water partition coefficient (Wildman–Crippen LogP) is -0.244. The maximum atomic E-state index is 8.25. The minimum Gasteiger partial charge on any atom is -0.369 e. The van der Waals surface area contributed by atoms with Gasteiger partial charge in [0.05, 0.1) is 5.09 Å². The normalized spacial score (nSPS) is 4.00. The Morgan fingerprint density at radius 1 is 1.33 bits per heavy atom. The predicted molar refractivity (Wildman–Crippen MR) is 22.1 cm³/mol. The molecule has 6 heavy (non-hydrogen) atoms. The molecular weight excluding hydrogens is 100 g/mol. The van der Waals surface area contributed by atoms with E-state index in [9.17, 15) is 0 Å². The van der Waals surface area contributed by atoms with Crippen LogP contribution >= 0.6 is 0 Å². The molecule has 0 bridgehead atoms. The van der Waals surface area contributed by atoms with Gasteiger partial charge in [0.2, 0.25) is 0 Å². The van der Waals surface area contributed by atoms with E-state index >= 15 is 0 Å². The summed E-state index contributed by atoms with van der Waals surface area (Å²) in [5.41, 5.74) is 0. The van der Waals surface area contributed by atoms with Crippen molar-refractivity contribution in [1.82, 2.24) is 6.15 Å². The Bertz CT molecular complexity index is 31.8. The minimum atomic E-state index is -1.75. The average Bonchev–Trinajstić information content (AvgIpc) is 0.811. The number of quaternary nitrogens is 1. The Kier molecular flexibility index (Phi) is 24.8. The van der Waals surface area contributed by atoms with Gasteiger partial charge in [-0.05, 0) is 0 Å². The molecule has 0 aliphatic rings. The van der Waals surface area contributed by atoms with E-state index in [1.807, 2.05) is 0 Å². The molecule has 0 aromatic carbocycles. The van der Waals surface area contributed by atoms with E-state index in [-0.39, 0.29) is 29.2 Å². The third-order valence-electron chi connectivity index (χ3n) is 0. The first-order chi connectivity index (χ1) is 1.73. The first-order valence-corrected chi connectivity index (χ1v) is 0.548. The van der Waals surface area contributed by atoms with Crippen LogP contribution in [0.1, 0.15) is 0 Å². The SMILES string of the molecule is O=[N+]([O-])[O-].[Mg+2].[NH4+]. The van der Waals surface area contributed by atoms with Crippen molar-refractivity contribution in [2.75, 3.05) is 0 Å². The maximum Gasteiger partial charge on any atom is 2.00 e. The van der Waals surface area contributed by atoms with Crippen molar-refractivity contribution in [3.63, 3.8) is 0 Å². The van der Waals surface area contributed by atoms with Crippen molar-refractivity contribution in [2.45, 2.75) is 0 Å². The Morgan fingerprint density at radius 2 is 1.33 bits per heavy atom. The summed E-state index contributed by atoms with van der Waals surface area (Å²) in [5, 5.41) is 14.8. The summed E-state index contributed by atoms with van der Waals surface area (Å²) >= 11 is 0. The molecule has 0 spiro atoms. The second kappa shape index (κ2) is 8.87. The number of rotatable bonds is 0.